The quantitative estimate of drug-likeness (QED) is 0.899. The Kier molecular flexibility index (Phi) is 3.67. The van der Waals surface area contributed by atoms with Crippen LogP contribution in [-0.4, -0.2) is 12.0 Å². The molecular weight excluding hydrogens is 226 g/mol. The number of nitrogens with two attached hydrogens (primary N) is 1. The summed E-state index contributed by atoms with van der Waals surface area (Å²) < 4.78 is 5.55. The number of aromatic nitrogens is 1. The number of hydrogen-bond acceptors (Lipinski definition) is 4. The highest BCUT2D eigenvalue weighted by Crippen LogP contribution is 2.16. The van der Waals surface area contributed by atoms with E-state index in [0.29, 0.717) is 6.54 Å². The Hall–Kier alpha value is -1.81. The fourth-order valence-electron chi connectivity index (χ4n) is 1.78. The first-order valence-electron chi connectivity index (χ1n) is 6.04. The normalized spacial score (nSPS) is 12.4. The molecule has 2 aromatic rings. The maximum Gasteiger partial charge on any atom is 0.128 e. The molecule has 18 heavy (non-hydrogen) atoms. The first kappa shape index (κ1) is 12.6. The molecule has 0 unspecified atom stereocenters. The monoisotopic (exact) mass is 245 g/mol. The zero-order valence-corrected chi connectivity index (χ0v) is 11.1. The van der Waals surface area contributed by atoms with Crippen LogP contribution in [0, 0.1) is 6.92 Å². The van der Waals surface area contributed by atoms with Crippen LogP contribution in [0.4, 0.5) is 5.82 Å². The van der Waals surface area contributed by atoms with Crippen LogP contribution < -0.4 is 10.6 Å². The van der Waals surface area contributed by atoms with Crippen molar-refractivity contribution >= 4 is 5.82 Å². The Balaban J connectivity index is 2.06. The highest BCUT2D eigenvalue weighted by Gasteiger charge is 2.07. The van der Waals surface area contributed by atoms with Gasteiger partial charge in [0.05, 0.1) is 6.54 Å². The third-order valence-corrected chi connectivity index (χ3v) is 2.88. The molecule has 1 atom stereocenters. The Morgan fingerprint density at radius 2 is 2.11 bits per heavy atom. The zero-order valence-electron chi connectivity index (χ0n) is 11.1. The summed E-state index contributed by atoms with van der Waals surface area (Å²) >= 11 is 0. The van der Waals surface area contributed by atoms with Crippen molar-refractivity contribution in [2.75, 3.05) is 11.9 Å². The van der Waals surface area contributed by atoms with Crippen molar-refractivity contribution in [3.05, 3.63) is 47.5 Å². The molecule has 0 aliphatic rings. The first-order chi connectivity index (χ1) is 8.56. The van der Waals surface area contributed by atoms with E-state index in [1.54, 1.807) is 0 Å². The molecule has 0 aliphatic heterocycles. The molecular formula is C14H19N3O. The van der Waals surface area contributed by atoms with E-state index in [9.17, 15) is 0 Å². The van der Waals surface area contributed by atoms with E-state index in [-0.39, 0.29) is 6.04 Å². The van der Waals surface area contributed by atoms with E-state index < -0.39 is 0 Å². The summed E-state index contributed by atoms with van der Waals surface area (Å²) in [6.07, 6.45) is 1.82. The average Bonchev–Trinajstić information content (AvgIpc) is 2.75. The molecule has 4 nitrogen and oxygen atoms in total. The minimum Gasteiger partial charge on any atom is -0.464 e. The van der Waals surface area contributed by atoms with E-state index in [1.807, 2.05) is 56.3 Å². The molecule has 0 amide bonds. The lowest BCUT2D eigenvalue weighted by atomic mass is 10.1. The van der Waals surface area contributed by atoms with E-state index in [2.05, 4.69) is 4.98 Å². The third-order valence-electron chi connectivity index (χ3n) is 2.88. The number of furan rings is 1. The van der Waals surface area contributed by atoms with Crippen LogP contribution in [0.3, 0.4) is 0 Å². The predicted octanol–water partition coefficient (Wildman–Crippen LogP) is 2.64. The van der Waals surface area contributed by atoms with Crippen molar-refractivity contribution in [3.63, 3.8) is 0 Å². The standard InChI is InChI=1S/C14H19N3O/c1-10-4-6-13(18-10)9-17(3)14-7-5-12(8-16-14)11(2)15/h4-8,11H,9,15H2,1-3H3/t11-/m0/s1. The SMILES string of the molecule is Cc1ccc(CN(C)c2ccc([C@H](C)N)cn2)o1. The van der Waals surface area contributed by atoms with Crippen LogP contribution in [0.15, 0.2) is 34.9 Å². The third kappa shape index (κ3) is 2.90. The minimum absolute atomic E-state index is 0.0181. The van der Waals surface area contributed by atoms with Crippen molar-refractivity contribution in [1.29, 1.82) is 0 Å². The molecule has 96 valence electrons. The molecule has 0 bridgehead atoms. The van der Waals surface area contributed by atoms with Crippen LogP contribution in [0.2, 0.25) is 0 Å². The van der Waals surface area contributed by atoms with Gasteiger partial charge in [0, 0.05) is 19.3 Å². The molecule has 0 saturated carbocycles. The lowest BCUT2D eigenvalue weighted by Gasteiger charge is -2.17. The molecule has 0 spiro atoms. The fourth-order valence-corrected chi connectivity index (χ4v) is 1.78. The lowest BCUT2D eigenvalue weighted by Crippen LogP contribution is -2.17. The van der Waals surface area contributed by atoms with E-state index >= 15 is 0 Å². The van der Waals surface area contributed by atoms with E-state index in [4.69, 9.17) is 10.2 Å². The topological polar surface area (TPSA) is 55.3 Å². The summed E-state index contributed by atoms with van der Waals surface area (Å²) in [6.45, 7) is 4.60. The Bertz CT molecular complexity index is 502. The van der Waals surface area contributed by atoms with Gasteiger partial charge in [-0.15, -0.1) is 0 Å². The van der Waals surface area contributed by atoms with Crippen molar-refractivity contribution < 1.29 is 4.42 Å². The summed E-state index contributed by atoms with van der Waals surface area (Å²) in [5.41, 5.74) is 6.84. The van der Waals surface area contributed by atoms with Gasteiger partial charge in [0.1, 0.15) is 17.3 Å². The summed E-state index contributed by atoms with van der Waals surface area (Å²) in [5.74, 6) is 2.78. The molecule has 2 aromatic heterocycles. The molecule has 2 heterocycles. The van der Waals surface area contributed by atoms with Gasteiger partial charge in [0.25, 0.3) is 0 Å². The number of nitrogens with zero attached hydrogens (tertiary/aromatic N) is 2. The number of hydrogen-bond donors (Lipinski definition) is 1. The maximum atomic E-state index is 5.80. The number of aryl methyl sites for hydroxylation is 1. The highest BCUT2D eigenvalue weighted by molar-refractivity contribution is 5.39. The van der Waals surface area contributed by atoms with Gasteiger partial charge >= 0.3 is 0 Å². The Morgan fingerprint density at radius 1 is 1.33 bits per heavy atom. The van der Waals surface area contributed by atoms with Crippen LogP contribution >= 0.6 is 0 Å². The minimum atomic E-state index is 0.0181. The fraction of sp³-hybridized carbons (Fsp3) is 0.357. The first-order valence-corrected chi connectivity index (χ1v) is 6.04. The van der Waals surface area contributed by atoms with Gasteiger partial charge in [-0.05, 0) is 37.6 Å². The highest BCUT2D eigenvalue weighted by atomic mass is 16.3. The van der Waals surface area contributed by atoms with Gasteiger partial charge in [-0.1, -0.05) is 6.07 Å². The van der Waals surface area contributed by atoms with Crippen molar-refractivity contribution in [1.82, 2.24) is 4.98 Å². The molecule has 2 N–H and O–H groups in total. The summed E-state index contributed by atoms with van der Waals surface area (Å²) in [5, 5.41) is 0. The van der Waals surface area contributed by atoms with Crippen molar-refractivity contribution in [2.24, 2.45) is 5.73 Å². The Labute approximate surface area is 107 Å². The van der Waals surface area contributed by atoms with Gasteiger partial charge in [-0.3, -0.25) is 0 Å². The van der Waals surface area contributed by atoms with Gasteiger partial charge in [-0.25, -0.2) is 4.98 Å². The van der Waals surface area contributed by atoms with Crippen LogP contribution in [0.1, 0.15) is 30.0 Å². The number of pyridine rings is 1. The second-order valence-corrected chi connectivity index (χ2v) is 4.61. The number of anilines is 1. The largest absolute Gasteiger partial charge is 0.464 e. The second kappa shape index (κ2) is 5.23. The number of rotatable bonds is 4. The van der Waals surface area contributed by atoms with Crippen LogP contribution in [0.5, 0.6) is 0 Å². The molecule has 0 aliphatic carbocycles. The molecule has 4 heteroatoms. The summed E-state index contributed by atoms with van der Waals surface area (Å²) in [7, 11) is 1.99. The Morgan fingerprint density at radius 3 is 2.61 bits per heavy atom. The van der Waals surface area contributed by atoms with E-state index in [0.717, 1.165) is 22.9 Å². The van der Waals surface area contributed by atoms with Gasteiger partial charge in [0.15, 0.2) is 0 Å². The molecule has 0 radical (unpaired) electrons. The molecule has 0 aromatic carbocycles. The second-order valence-electron chi connectivity index (χ2n) is 4.61. The van der Waals surface area contributed by atoms with Crippen LogP contribution in [0.25, 0.3) is 0 Å². The van der Waals surface area contributed by atoms with Gasteiger partial charge < -0.3 is 15.1 Å². The van der Waals surface area contributed by atoms with E-state index in [1.165, 1.54) is 0 Å². The predicted molar refractivity (Wildman–Crippen MR) is 72.4 cm³/mol. The lowest BCUT2D eigenvalue weighted by molar-refractivity contribution is 0.481. The smallest absolute Gasteiger partial charge is 0.128 e. The molecule has 0 fully saturated rings. The van der Waals surface area contributed by atoms with Gasteiger partial charge in [-0.2, -0.15) is 0 Å². The molecule has 2 rings (SSSR count). The maximum absolute atomic E-state index is 5.80. The average molecular weight is 245 g/mol. The van der Waals surface area contributed by atoms with Crippen molar-refractivity contribution in [2.45, 2.75) is 26.4 Å². The zero-order chi connectivity index (χ0) is 13.1. The van der Waals surface area contributed by atoms with Gasteiger partial charge in [0.2, 0.25) is 0 Å². The summed E-state index contributed by atoms with van der Waals surface area (Å²) in [6, 6.07) is 7.97. The van der Waals surface area contributed by atoms with Crippen LogP contribution in [-0.2, 0) is 6.54 Å². The summed E-state index contributed by atoms with van der Waals surface area (Å²) in [4.78, 5) is 6.45. The molecule has 0 saturated heterocycles. The van der Waals surface area contributed by atoms with Crippen molar-refractivity contribution in [3.8, 4) is 0 Å².